The SMILES string of the molecule is OCC1(CO)CCCCC1.OP(O)Cl. The lowest BCUT2D eigenvalue weighted by Gasteiger charge is -2.33. The molecule has 1 rings (SSSR count). The van der Waals surface area contributed by atoms with Crippen LogP contribution in [0.1, 0.15) is 32.1 Å². The Labute approximate surface area is 90.2 Å². The highest BCUT2D eigenvalue weighted by Gasteiger charge is 2.30. The minimum atomic E-state index is -2.15. The Balaban J connectivity index is 0.000000364. The van der Waals surface area contributed by atoms with Crippen molar-refractivity contribution in [3.63, 3.8) is 0 Å². The van der Waals surface area contributed by atoms with Crippen molar-refractivity contribution in [1.82, 2.24) is 0 Å². The van der Waals surface area contributed by atoms with Crippen molar-refractivity contribution in [1.29, 1.82) is 0 Å². The molecule has 0 radical (unpaired) electrons. The third kappa shape index (κ3) is 6.12. The molecule has 0 atom stereocenters. The van der Waals surface area contributed by atoms with Crippen LogP contribution in [0.4, 0.5) is 0 Å². The van der Waals surface area contributed by atoms with Crippen LogP contribution in [0.2, 0.25) is 0 Å². The molecule has 4 N–H and O–H groups in total. The van der Waals surface area contributed by atoms with E-state index < -0.39 is 7.73 Å². The summed E-state index contributed by atoms with van der Waals surface area (Å²) >= 11 is 4.45. The van der Waals surface area contributed by atoms with Crippen molar-refractivity contribution in [2.75, 3.05) is 13.2 Å². The molecule has 0 unspecified atom stereocenters. The van der Waals surface area contributed by atoms with Gasteiger partial charge in [-0.3, -0.25) is 0 Å². The van der Waals surface area contributed by atoms with Crippen LogP contribution < -0.4 is 0 Å². The van der Waals surface area contributed by atoms with Gasteiger partial charge in [-0.05, 0) is 24.1 Å². The first-order valence-corrected chi connectivity index (χ1v) is 6.77. The van der Waals surface area contributed by atoms with Gasteiger partial charge in [-0.15, -0.1) is 0 Å². The topological polar surface area (TPSA) is 80.9 Å². The molecule has 0 amide bonds. The van der Waals surface area contributed by atoms with Crippen LogP contribution in [0, 0.1) is 5.41 Å². The molecule has 14 heavy (non-hydrogen) atoms. The van der Waals surface area contributed by atoms with Crippen LogP contribution >= 0.6 is 19.0 Å². The summed E-state index contributed by atoms with van der Waals surface area (Å²) in [5, 5.41) is 18.0. The van der Waals surface area contributed by atoms with Crippen LogP contribution in [0.15, 0.2) is 0 Å². The van der Waals surface area contributed by atoms with Crippen molar-refractivity contribution < 1.29 is 20.0 Å². The van der Waals surface area contributed by atoms with Gasteiger partial charge in [0.15, 0.2) is 0 Å². The molecule has 0 spiro atoms. The van der Waals surface area contributed by atoms with Gasteiger partial charge in [0.1, 0.15) is 0 Å². The molecule has 1 fully saturated rings. The zero-order valence-corrected chi connectivity index (χ0v) is 9.71. The highest BCUT2D eigenvalue weighted by molar-refractivity contribution is 7.74. The Hall–Kier alpha value is 0.560. The number of aliphatic hydroxyl groups is 2. The quantitative estimate of drug-likeness (QED) is 0.553. The van der Waals surface area contributed by atoms with Gasteiger partial charge in [0.05, 0.1) is 13.2 Å². The summed E-state index contributed by atoms with van der Waals surface area (Å²) in [6.45, 7) is 0.312. The number of aliphatic hydroxyl groups excluding tert-OH is 2. The van der Waals surface area contributed by atoms with Crippen molar-refractivity contribution >= 4 is 19.0 Å². The predicted octanol–water partition coefficient (Wildman–Crippen LogP) is 1.36. The molecule has 1 aliphatic rings. The summed E-state index contributed by atoms with van der Waals surface area (Å²) in [4.78, 5) is 14.9. The minimum absolute atomic E-state index is 0.127. The standard InChI is InChI=1S/C8H16O2.ClH2O2P/c9-6-8(7-10)4-2-1-3-5-8;1-4(2)3/h9-10H,1-7H2;2-3H. The Kier molecular flexibility index (Phi) is 8.11. The average Bonchev–Trinajstić information content (AvgIpc) is 2.18. The largest absolute Gasteiger partial charge is 0.396 e. The van der Waals surface area contributed by atoms with E-state index in [0.29, 0.717) is 0 Å². The molecule has 1 saturated carbocycles. The molecule has 0 aromatic rings. The van der Waals surface area contributed by atoms with Gasteiger partial charge in [-0.1, -0.05) is 19.3 Å². The van der Waals surface area contributed by atoms with Crippen LogP contribution in [0.5, 0.6) is 0 Å². The van der Waals surface area contributed by atoms with E-state index in [-0.39, 0.29) is 18.6 Å². The van der Waals surface area contributed by atoms with E-state index in [1.165, 1.54) is 19.3 Å². The molecule has 6 heteroatoms. The zero-order chi connectivity index (χ0) is 11.0. The number of hydrogen-bond donors (Lipinski definition) is 4. The summed E-state index contributed by atoms with van der Waals surface area (Å²) in [7, 11) is -2.15. The Morgan fingerprint density at radius 2 is 1.36 bits per heavy atom. The first-order valence-electron chi connectivity index (χ1n) is 4.62. The average molecular weight is 245 g/mol. The highest BCUT2D eigenvalue weighted by Crippen LogP contribution is 2.34. The van der Waals surface area contributed by atoms with Gasteiger partial charge in [0.2, 0.25) is 0 Å². The van der Waals surface area contributed by atoms with E-state index in [2.05, 4.69) is 11.2 Å². The number of halogens is 1. The highest BCUT2D eigenvalue weighted by atomic mass is 35.7. The normalized spacial score (nSPS) is 20.1. The fourth-order valence-corrected chi connectivity index (χ4v) is 1.67. The maximum Gasteiger partial charge on any atom is 0.271 e. The van der Waals surface area contributed by atoms with Gasteiger partial charge < -0.3 is 20.0 Å². The molecule has 4 nitrogen and oxygen atoms in total. The van der Waals surface area contributed by atoms with E-state index in [1.807, 2.05) is 0 Å². The van der Waals surface area contributed by atoms with Crippen molar-refractivity contribution in [3.05, 3.63) is 0 Å². The number of rotatable bonds is 2. The van der Waals surface area contributed by atoms with Gasteiger partial charge in [0.25, 0.3) is 7.73 Å². The maximum absolute atomic E-state index is 8.98. The van der Waals surface area contributed by atoms with Crippen molar-refractivity contribution in [2.45, 2.75) is 32.1 Å². The first kappa shape index (κ1) is 14.6. The van der Waals surface area contributed by atoms with Gasteiger partial charge in [-0.2, -0.15) is 0 Å². The molecule has 0 heterocycles. The second kappa shape index (κ2) is 7.80. The van der Waals surface area contributed by atoms with Crippen LogP contribution in [-0.2, 0) is 0 Å². The van der Waals surface area contributed by atoms with Crippen molar-refractivity contribution in [3.8, 4) is 0 Å². The first-order chi connectivity index (χ1) is 6.56. The molecular formula is C8H18ClO4P. The van der Waals surface area contributed by atoms with Crippen LogP contribution in [0.3, 0.4) is 0 Å². The van der Waals surface area contributed by atoms with E-state index in [4.69, 9.17) is 20.0 Å². The fraction of sp³-hybridized carbons (Fsp3) is 1.00. The summed E-state index contributed by atoms with van der Waals surface area (Å²) in [5.41, 5.74) is -0.127. The molecule has 0 saturated heterocycles. The molecule has 0 aromatic heterocycles. The smallest absolute Gasteiger partial charge is 0.271 e. The Bertz CT molecular complexity index is 131. The lowest BCUT2D eigenvalue weighted by molar-refractivity contribution is 0.0234. The van der Waals surface area contributed by atoms with E-state index in [1.54, 1.807) is 0 Å². The molecule has 0 aliphatic heterocycles. The monoisotopic (exact) mass is 244 g/mol. The van der Waals surface area contributed by atoms with Gasteiger partial charge in [-0.25, -0.2) is 0 Å². The van der Waals surface area contributed by atoms with E-state index >= 15 is 0 Å². The Morgan fingerprint density at radius 3 is 1.57 bits per heavy atom. The Morgan fingerprint density at radius 1 is 1.00 bits per heavy atom. The second-order valence-electron chi connectivity index (χ2n) is 3.62. The molecular weight excluding hydrogens is 227 g/mol. The van der Waals surface area contributed by atoms with Crippen LogP contribution in [0.25, 0.3) is 0 Å². The predicted molar refractivity (Wildman–Crippen MR) is 56.9 cm³/mol. The molecule has 0 aromatic carbocycles. The second-order valence-corrected chi connectivity index (χ2v) is 5.01. The fourth-order valence-electron chi connectivity index (χ4n) is 1.67. The van der Waals surface area contributed by atoms with Gasteiger partial charge >= 0.3 is 0 Å². The molecule has 1 aliphatic carbocycles. The maximum atomic E-state index is 8.98. The third-order valence-electron chi connectivity index (χ3n) is 2.59. The minimum Gasteiger partial charge on any atom is -0.396 e. The summed E-state index contributed by atoms with van der Waals surface area (Å²) in [6, 6.07) is 0. The summed E-state index contributed by atoms with van der Waals surface area (Å²) in [6.07, 6.45) is 5.60. The summed E-state index contributed by atoms with van der Waals surface area (Å²) < 4.78 is 0. The van der Waals surface area contributed by atoms with Gasteiger partial charge in [0, 0.05) is 5.41 Å². The zero-order valence-electron chi connectivity index (χ0n) is 8.06. The lowest BCUT2D eigenvalue weighted by Crippen LogP contribution is -2.31. The summed E-state index contributed by atoms with van der Waals surface area (Å²) in [5.74, 6) is 0. The van der Waals surface area contributed by atoms with Crippen molar-refractivity contribution in [2.24, 2.45) is 5.41 Å². The van der Waals surface area contributed by atoms with E-state index in [9.17, 15) is 0 Å². The lowest BCUT2D eigenvalue weighted by atomic mass is 9.75. The van der Waals surface area contributed by atoms with E-state index in [0.717, 1.165) is 12.8 Å². The molecule has 86 valence electrons. The molecule has 0 bridgehead atoms. The third-order valence-corrected chi connectivity index (χ3v) is 2.59. The van der Waals surface area contributed by atoms with Crippen LogP contribution in [-0.4, -0.2) is 33.2 Å². The number of hydrogen-bond acceptors (Lipinski definition) is 4.